The lowest BCUT2D eigenvalue weighted by atomic mass is 10.0. The number of carbonyl (C=O) groups excluding carboxylic acids is 2. The van der Waals surface area contributed by atoms with Gasteiger partial charge >= 0.3 is 0 Å². The molecular weight excluding hydrogens is 456 g/mol. The van der Waals surface area contributed by atoms with E-state index in [1.54, 1.807) is 11.6 Å². The molecular formula is C23H26N6O4S. The lowest BCUT2D eigenvalue weighted by Crippen LogP contribution is -2.33. The average Bonchev–Trinajstić information content (AvgIpc) is 3.15. The van der Waals surface area contributed by atoms with Crippen molar-refractivity contribution in [3.05, 3.63) is 75.6 Å². The predicted octanol–water partition coefficient (Wildman–Crippen LogP) is 3.89. The smallest absolute Gasteiger partial charge is 0.270 e. The van der Waals surface area contributed by atoms with E-state index in [-0.39, 0.29) is 28.8 Å². The van der Waals surface area contributed by atoms with Crippen LogP contribution in [-0.4, -0.2) is 37.3 Å². The molecule has 0 fully saturated rings. The van der Waals surface area contributed by atoms with Crippen LogP contribution in [0.4, 0.5) is 11.4 Å². The van der Waals surface area contributed by atoms with E-state index in [2.05, 4.69) is 20.8 Å². The lowest BCUT2D eigenvalue weighted by Gasteiger charge is -2.21. The Morgan fingerprint density at radius 2 is 1.88 bits per heavy atom. The van der Waals surface area contributed by atoms with Gasteiger partial charge < -0.3 is 15.2 Å². The van der Waals surface area contributed by atoms with Gasteiger partial charge in [-0.3, -0.25) is 19.7 Å². The van der Waals surface area contributed by atoms with Gasteiger partial charge in [0.2, 0.25) is 5.91 Å². The third-order valence-corrected chi connectivity index (χ3v) is 6.07. The SMILES string of the molecule is Cc1cccc(NC(=O)CSc2nnc([C@@H](NC(=O)c3cccc([N+](=O)[O-])c3)C(C)C)n2C)c1. The quantitative estimate of drug-likeness (QED) is 0.269. The first-order valence-corrected chi connectivity index (χ1v) is 11.6. The van der Waals surface area contributed by atoms with E-state index in [0.717, 1.165) is 11.3 Å². The summed E-state index contributed by atoms with van der Waals surface area (Å²) in [4.78, 5) is 35.6. The molecule has 0 saturated heterocycles. The zero-order valence-electron chi connectivity index (χ0n) is 19.3. The highest BCUT2D eigenvalue weighted by Crippen LogP contribution is 2.25. The summed E-state index contributed by atoms with van der Waals surface area (Å²) in [6.45, 7) is 5.80. The number of amides is 2. The summed E-state index contributed by atoms with van der Waals surface area (Å²) in [5.41, 5.74) is 1.81. The minimum Gasteiger partial charge on any atom is -0.342 e. The van der Waals surface area contributed by atoms with Crippen LogP contribution in [0.25, 0.3) is 0 Å². The molecule has 0 saturated carbocycles. The van der Waals surface area contributed by atoms with Crippen LogP contribution < -0.4 is 10.6 Å². The summed E-state index contributed by atoms with van der Waals surface area (Å²) < 4.78 is 1.74. The first kappa shape index (κ1) is 24.9. The molecule has 0 radical (unpaired) electrons. The van der Waals surface area contributed by atoms with Crippen LogP contribution in [0.5, 0.6) is 0 Å². The normalized spacial score (nSPS) is 11.8. The molecule has 0 aliphatic heterocycles. The van der Waals surface area contributed by atoms with E-state index >= 15 is 0 Å². The molecule has 0 unspecified atom stereocenters. The molecule has 34 heavy (non-hydrogen) atoms. The Balaban J connectivity index is 1.68. The van der Waals surface area contributed by atoms with Crippen LogP contribution in [0.2, 0.25) is 0 Å². The Morgan fingerprint density at radius 3 is 2.56 bits per heavy atom. The molecule has 1 aromatic heterocycles. The van der Waals surface area contributed by atoms with E-state index in [1.807, 2.05) is 45.0 Å². The van der Waals surface area contributed by atoms with E-state index < -0.39 is 16.9 Å². The maximum absolute atomic E-state index is 12.8. The van der Waals surface area contributed by atoms with Crippen molar-refractivity contribution in [1.29, 1.82) is 0 Å². The fourth-order valence-electron chi connectivity index (χ4n) is 3.29. The lowest BCUT2D eigenvalue weighted by molar-refractivity contribution is -0.384. The number of nitro groups is 1. The van der Waals surface area contributed by atoms with Crippen molar-refractivity contribution in [3.63, 3.8) is 0 Å². The van der Waals surface area contributed by atoms with Crippen LogP contribution in [0.15, 0.2) is 53.7 Å². The largest absolute Gasteiger partial charge is 0.342 e. The van der Waals surface area contributed by atoms with Gasteiger partial charge in [-0.1, -0.05) is 43.8 Å². The number of nitro benzene ring substituents is 1. The third kappa shape index (κ3) is 6.19. The molecule has 11 heteroatoms. The van der Waals surface area contributed by atoms with E-state index in [1.165, 1.54) is 36.0 Å². The number of aromatic nitrogens is 3. The number of nitrogens with one attached hydrogen (secondary N) is 2. The van der Waals surface area contributed by atoms with Crippen molar-refractivity contribution in [2.24, 2.45) is 13.0 Å². The van der Waals surface area contributed by atoms with Gasteiger partial charge in [-0.2, -0.15) is 0 Å². The van der Waals surface area contributed by atoms with E-state index in [0.29, 0.717) is 11.0 Å². The molecule has 0 spiro atoms. The standard InChI is InChI=1S/C23H26N6O4S/c1-14(2)20(25-22(31)16-8-6-10-18(12-16)29(32)33)21-26-27-23(28(21)4)34-13-19(30)24-17-9-5-7-15(3)11-17/h5-12,14,20H,13H2,1-4H3,(H,24,30)(H,25,31)/t20-/m0/s1. The maximum atomic E-state index is 12.8. The third-order valence-electron chi connectivity index (χ3n) is 5.05. The first-order valence-electron chi connectivity index (χ1n) is 10.6. The van der Waals surface area contributed by atoms with Crippen molar-refractivity contribution in [2.75, 3.05) is 11.1 Å². The second kappa shape index (κ2) is 10.9. The molecule has 178 valence electrons. The molecule has 10 nitrogen and oxygen atoms in total. The predicted molar refractivity (Wildman–Crippen MR) is 130 cm³/mol. The molecule has 0 aliphatic carbocycles. The first-order chi connectivity index (χ1) is 16.2. The van der Waals surface area contributed by atoms with Gasteiger partial charge in [-0.25, -0.2) is 0 Å². The highest BCUT2D eigenvalue weighted by molar-refractivity contribution is 7.99. The van der Waals surface area contributed by atoms with Crippen molar-refractivity contribution in [1.82, 2.24) is 20.1 Å². The average molecular weight is 483 g/mol. The highest BCUT2D eigenvalue weighted by atomic mass is 32.2. The number of carbonyl (C=O) groups is 2. The minimum atomic E-state index is -0.544. The van der Waals surface area contributed by atoms with Gasteiger partial charge in [0, 0.05) is 30.4 Å². The van der Waals surface area contributed by atoms with Gasteiger partial charge in [0.25, 0.3) is 11.6 Å². The topological polar surface area (TPSA) is 132 Å². The Hall–Kier alpha value is -3.73. The number of hydrogen-bond acceptors (Lipinski definition) is 7. The molecule has 0 aliphatic rings. The number of anilines is 1. The van der Waals surface area contributed by atoms with E-state index in [4.69, 9.17) is 0 Å². The maximum Gasteiger partial charge on any atom is 0.270 e. The highest BCUT2D eigenvalue weighted by Gasteiger charge is 2.26. The van der Waals surface area contributed by atoms with Crippen molar-refractivity contribution < 1.29 is 14.5 Å². The fourth-order valence-corrected chi connectivity index (χ4v) is 4.01. The monoisotopic (exact) mass is 482 g/mol. The second-order valence-electron chi connectivity index (χ2n) is 8.11. The minimum absolute atomic E-state index is 0.0342. The van der Waals surface area contributed by atoms with Gasteiger partial charge in [0.05, 0.1) is 16.7 Å². The van der Waals surface area contributed by atoms with Crippen molar-refractivity contribution in [2.45, 2.75) is 32.0 Å². The Morgan fingerprint density at radius 1 is 1.15 bits per heavy atom. The molecule has 2 aromatic carbocycles. The summed E-state index contributed by atoms with van der Waals surface area (Å²) in [7, 11) is 1.77. The van der Waals surface area contributed by atoms with Crippen LogP contribution in [0, 0.1) is 23.0 Å². The number of hydrogen-bond donors (Lipinski definition) is 2. The summed E-state index contributed by atoms with van der Waals surface area (Å²) in [6, 6.07) is 12.6. The fraction of sp³-hybridized carbons (Fsp3) is 0.304. The Labute approximate surface area is 201 Å². The van der Waals surface area contributed by atoms with Crippen molar-refractivity contribution >= 4 is 35.0 Å². The number of benzene rings is 2. The summed E-state index contributed by atoms with van der Waals surface area (Å²) in [5, 5.41) is 25.7. The van der Waals surface area contributed by atoms with Gasteiger partial charge in [0.15, 0.2) is 11.0 Å². The molecule has 3 rings (SSSR count). The molecule has 2 amide bonds. The number of nitrogens with zero attached hydrogens (tertiary/aromatic N) is 4. The zero-order chi connectivity index (χ0) is 24.8. The number of rotatable bonds is 9. The van der Waals surface area contributed by atoms with Gasteiger partial charge in [-0.05, 0) is 36.6 Å². The number of thioether (sulfide) groups is 1. The van der Waals surface area contributed by atoms with Crippen LogP contribution >= 0.6 is 11.8 Å². The van der Waals surface area contributed by atoms with Crippen LogP contribution in [0.3, 0.4) is 0 Å². The van der Waals surface area contributed by atoms with Gasteiger partial charge in [-0.15, -0.1) is 10.2 Å². The molecule has 1 heterocycles. The summed E-state index contributed by atoms with van der Waals surface area (Å²) >= 11 is 1.24. The van der Waals surface area contributed by atoms with Crippen molar-refractivity contribution in [3.8, 4) is 0 Å². The summed E-state index contributed by atoms with van der Waals surface area (Å²) in [6.07, 6.45) is 0. The Kier molecular flexibility index (Phi) is 8.00. The van der Waals surface area contributed by atoms with Crippen LogP contribution in [0.1, 0.15) is 41.6 Å². The Bertz CT molecular complexity index is 1210. The molecule has 3 aromatic rings. The second-order valence-corrected chi connectivity index (χ2v) is 9.05. The number of aryl methyl sites for hydroxylation is 1. The summed E-state index contributed by atoms with van der Waals surface area (Å²) in [5.74, 6) is 0.0202. The number of non-ortho nitro benzene ring substituents is 1. The molecule has 0 bridgehead atoms. The molecule has 2 N–H and O–H groups in total. The molecule has 1 atom stereocenters. The van der Waals surface area contributed by atoms with Gasteiger partial charge in [0.1, 0.15) is 0 Å². The zero-order valence-corrected chi connectivity index (χ0v) is 20.1. The van der Waals surface area contributed by atoms with E-state index in [9.17, 15) is 19.7 Å². The van der Waals surface area contributed by atoms with Crippen LogP contribution in [-0.2, 0) is 11.8 Å².